The predicted molar refractivity (Wildman–Crippen MR) is 39.3 cm³/mol. The molecule has 0 saturated carbocycles. The summed E-state index contributed by atoms with van der Waals surface area (Å²) in [5.41, 5.74) is -0.703. The third-order valence-corrected chi connectivity index (χ3v) is 1.67. The van der Waals surface area contributed by atoms with Crippen molar-refractivity contribution in [3.05, 3.63) is 27.0 Å². The van der Waals surface area contributed by atoms with Crippen molar-refractivity contribution in [2.24, 2.45) is 0 Å². The maximum absolute atomic E-state index is 10.9. The van der Waals surface area contributed by atoms with Crippen molar-refractivity contribution in [2.45, 2.75) is 13.0 Å². The van der Waals surface area contributed by atoms with Crippen LogP contribution in [0.25, 0.3) is 6.20 Å². The van der Waals surface area contributed by atoms with E-state index >= 15 is 0 Å². The Labute approximate surface area is 61.6 Å². The summed E-state index contributed by atoms with van der Waals surface area (Å²) in [5.74, 6) is 0. The van der Waals surface area contributed by atoms with Crippen molar-refractivity contribution in [1.82, 2.24) is 14.3 Å². The molecule has 0 fully saturated rings. The second-order valence-corrected chi connectivity index (χ2v) is 2.38. The van der Waals surface area contributed by atoms with E-state index in [4.69, 9.17) is 0 Å². The lowest BCUT2D eigenvalue weighted by molar-refractivity contribution is 0.532. The fourth-order valence-electron chi connectivity index (χ4n) is 1.15. The van der Waals surface area contributed by atoms with Gasteiger partial charge in [-0.3, -0.25) is 4.98 Å². The van der Waals surface area contributed by atoms with Crippen LogP contribution in [0.2, 0.25) is 0 Å². The molecule has 5 heteroatoms. The van der Waals surface area contributed by atoms with E-state index in [1.54, 1.807) is 6.20 Å². The van der Waals surface area contributed by atoms with Crippen LogP contribution in [-0.2, 0) is 6.54 Å². The number of allylic oxidation sites excluding steroid dienone is 1. The van der Waals surface area contributed by atoms with Crippen LogP contribution >= 0.6 is 0 Å². The van der Waals surface area contributed by atoms with Crippen LogP contribution in [-0.4, -0.2) is 14.3 Å². The molecule has 0 atom stereocenters. The van der Waals surface area contributed by atoms with Crippen molar-refractivity contribution in [3.8, 4) is 0 Å². The molecule has 0 aliphatic carbocycles. The van der Waals surface area contributed by atoms with Crippen LogP contribution in [0.5, 0.6) is 0 Å². The zero-order valence-corrected chi connectivity index (χ0v) is 5.78. The fraction of sp³-hybridized carbons (Fsp3) is 0.333. The minimum Gasteiger partial charge on any atom is -0.256 e. The third-order valence-electron chi connectivity index (χ3n) is 1.67. The number of nitrogens with one attached hydrogen (secondary N) is 1. The molecular weight excluding hydrogens is 146 g/mol. The first-order valence-corrected chi connectivity index (χ1v) is 3.37. The first kappa shape index (κ1) is 6.21. The highest BCUT2D eigenvalue weighted by Gasteiger charge is 2.07. The van der Waals surface area contributed by atoms with E-state index in [0.717, 1.165) is 6.42 Å². The van der Waals surface area contributed by atoms with Gasteiger partial charge in [0, 0.05) is 12.7 Å². The summed E-state index contributed by atoms with van der Waals surface area (Å²) in [7, 11) is 0. The molecular formula is C6H7N3O2. The van der Waals surface area contributed by atoms with Crippen LogP contribution in [0, 0.1) is 0 Å². The van der Waals surface area contributed by atoms with Gasteiger partial charge in [-0.2, -0.15) is 0 Å². The largest absolute Gasteiger partial charge is 0.348 e. The number of aromatic nitrogens is 3. The molecule has 1 N–H and O–H groups in total. The van der Waals surface area contributed by atoms with Crippen LogP contribution in [0.3, 0.4) is 0 Å². The highest BCUT2D eigenvalue weighted by molar-refractivity contribution is 5.20. The maximum atomic E-state index is 10.9. The summed E-state index contributed by atoms with van der Waals surface area (Å²) in [5, 5.41) is 0. The van der Waals surface area contributed by atoms with Crippen LogP contribution in [0.1, 0.15) is 6.42 Å². The molecule has 0 radical (unpaired) electrons. The minimum absolute atomic E-state index is 0.334. The van der Waals surface area contributed by atoms with Crippen molar-refractivity contribution < 1.29 is 0 Å². The average molecular weight is 153 g/mol. The summed E-state index contributed by atoms with van der Waals surface area (Å²) in [6.45, 7) is 0.577. The van der Waals surface area contributed by atoms with Gasteiger partial charge in [0.05, 0.1) is 0 Å². The van der Waals surface area contributed by atoms with Crippen molar-refractivity contribution in [1.29, 1.82) is 0 Å². The van der Waals surface area contributed by atoms with Crippen molar-refractivity contribution in [3.63, 3.8) is 0 Å². The molecule has 1 aromatic rings. The molecule has 1 aromatic heterocycles. The van der Waals surface area contributed by atoms with Gasteiger partial charge in [0.25, 0.3) is 0 Å². The van der Waals surface area contributed by atoms with E-state index in [-0.39, 0.29) is 11.4 Å². The standard InChI is InChI=1S/C6H7N3O2/c10-5-7-6(11)9-4-2-1-3-8(5)9/h1,3H,2,4H2,(H,7,10,11). The molecule has 0 amide bonds. The van der Waals surface area contributed by atoms with Gasteiger partial charge in [-0.1, -0.05) is 6.08 Å². The van der Waals surface area contributed by atoms with E-state index in [2.05, 4.69) is 4.98 Å². The van der Waals surface area contributed by atoms with Crippen LogP contribution in [0.15, 0.2) is 15.7 Å². The molecule has 0 bridgehead atoms. The summed E-state index contributed by atoms with van der Waals surface area (Å²) in [4.78, 5) is 24.0. The van der Waals surface area contributed by atoms with Gasteiger partial charge in [-0.25, -0.2) is 19.0 Å². The molecule has 0 saturated heterocycles. The van der Waals surface area contributed by atoms with Gasteiger partial charge in [-0.05, 0) is 6.42 Å². The quantitative estimate of drug-likeness (QED) is 0.531. The second kappa shape index (κ2) is 1.98. The fourth-order valence-corrected chi connectivity index (χ4v) is 1.15. The Bertz CT molecular complexity index is 406. The molecule has 5 nitrogen and oxygen atoms in total. The van der Waals surface area contributed by atoms with E-state index < -0.39 is 0 Å². The number of aromatic amines is 1. The smallest absolute Gasteiger partial charge is 0.256 e. The van der Waals surface area contributed by atoms with Gasteiger partial charge in [0.1, 0.15) is 0 Å². The SMILES string of the molecule is O=c1[nH]c(=O)n2n1C=CCC2. The Hall–Kier alpha value is -1.52. The Morgan fingerprint density at radius 3 is 2.91 bits per heavy atom. The number of H-pyrrole nitrogens is 1. The van der Waals surface area contributed by atoms with Crippen LogP contribution < -0.4 is 11.4 Å². The monoisotopic (exact) mass is 153 g/mol. The Balaban J connectivity index is 2.83. The summed E-state index contributed by atoms with van der Waals surface area (Å²) in [6.07, 6.45) is 4.26. The normalized spacial score (nSPS) is 14.9. The Kier molecular flexibility index (Phi) is 1.12. The van der Waals surface area contributed by atoms with Gasteiger partial charge in [0.2, 0.25) is 0 Å². The molecule has 0 spiro atoms. The lowest BCUT2D eigenvalue weighted by Crippen LogP contribution is -2.25. The Morgan fingerprint density at radius 1 is 1.36 bits per heavy atom. The number of nitrogens with zero attached hydrogens (tertiary/aromatic N) is 2. The van der Waals surface area contributed by atoms with E-state index in [0.29, 0.717) is 6.54 Å². The van der Waals surface area contributed by atoms with Crippen molar-refractivity contribution in [2.75, 3.05) is 0 Å². The zero-order chi connectivity index (χ0) is 7.84. The molecule has 58 valence electrons. The first-order valence-electron chi connectivity index (χ1n) is 3.37. The minimum atomic E-state index is -0.369. The average Bonchev–Trinajstić information content (AvgIpc) is 2.30. The van der Waals surface area contributed by atoms with Crippen LogP contribution in [0.4, 0.5) is 0 Å². The number of fused-ring (bicyclic) bond motifs is 1. The summed E-state index contributed by atoms with van der Waals surface area (Å²) in [6, 6.07) is 0. The Morgan fingerprint density at radius 2 is 2.18 bits per heavy atom. The lowest BCUT2D eigenvalue weighted by atomic mass is 10.4. The predicted octanol–water partition coefficient (Wildman–Crippen LogP) is -0.788. The molecule has 2 rings (SSSR count). The van der Waals surface area contributed by atoms with E-state index in [9.17, 15) is 9.59 Å². The lowest BCUT2D eigenvalue weighted by Gasteiger charge is -2.07. The first-order chi connectivity index (χ1) is 5.29. The van der Waals surface area contributed by atoms with Gasteiger partial charge < -0.3 is 0 Å². The molecule has 0 unspecified atom stereocenters. The van der Waals surface area contributed by atoms with Gasteiger partial charge >= 0.3 is 11.4 Å². The molecule has 11 heavy (non-hydrogen) atoms. The van der Waals surface area contributed by atoms with E-state index in [1.807, 2.05) is 6.08 Å². The number of hydrogen-bond donors (Lipinski definition) is 1. The molecule has 2 heterocycles. The molecule has 0 aromatic carbocycles. The molecule has 1 aliphatic heterocycles. The second-order valence-electron chi connectivity index (χ2n) is 2.38. The summed E-state index contributed by atoms with van der Waals surface area (Å²) >= 11 is 0. The summed E-state index contributed by atoms with van der Waals surface area (Å²) < 4.78 is 2.66. The maximum Gasteiger partial charge on any atom is 0.348 e. The highest BCUT2D eigenvalue weighted by atomic mass is 16.2. The number of rotatable bonds is 0. The number of hydrogen-bond acceptors (Lipinski definition) is 2. The third kappa shape index (κ3) is 0.772. The van der Waals surface area contributed by atoms with E-state index in [1.165, 1.54) is 9.36 Å². The van der Waals surface area contributed by atoms with Gasteiger partial charge in [0.15, 0.2) is 0 Å². The topological polar surface area (TPSA) is 59.8 Å². The highest BCUT2D eigenvalue weighted by Crippen LogP contribution is 1.95. The molecule has 1 aliphatic rings. The van der Waals surface area contributed by atoms with Crippen molar-refractivity contribution >= 4 is 6.20 Å². The zero-order valence-electron chi connectivity index (χ0n) is 5.78. The van der Waals surface area contributed by atoms with Gasteiger partial charge in [-0.15, -0.1) is 0 Å².